The van der Waals surface area contributed by atoms with Crippen molar-refractivity contribution in [3.63, 3.8) is 0 Å². The zero-order valence-corrected chi connectivity index (χ0v) is 13.4. The molecule has 2 aliphatic rings. The van der Waals surface area contributed by atoms with Gasteiger partial charge in [0.05, 0.1) is 11.1 Å². The maximum Gasteiger partial charge on any atom is 0.261 e. The fourth-order valence-electron chi connectivity index (χ4n) is 3.47. The summed E-state index contributed by atoms with van der Waals surface area (Å²) in [5.74, 6) is -0.193. The molecule has 1 aromatic carbocycles. The van der Waals surface area contributed by atoms with Gasteiger partial charge < -0.3 is 5.32 Å². The van der Waals surface area contributed by atoms with E-state index in [0.29, 0.717) is 17.0 Å². The molecular formula is C18H22N2O3. The lowest BCUT2D eigenvalue weighted by Crippen LogP contribution is -2.42. The zero-order valence-electron chi connectivity index (χ0n) is 13.4. The predicted molar refractivity (Wildman–Crippen MR) is 86.0 cm³/mol. The van der Waals surface area contributed by atoms with Gasteiger partial charge in [0.2, 0.25) is 5.91 Å². The molecule has 1 aliphatic carbocycles. The lowest BCUT2D eigenvalue weighted by molar-refractivity contribution is -0.122. The molecule has 3 rings (SSSR count). The maximum absolute atomic E-state index is 12.2. The van der Waals surface area contributed by atoms with Crippen LogP contribution in [0.3, 0.4) is 0 Å². The predicted octanol–water partition coefficient (Wildman–Crippen LogP) is 2.37. The largest absolute Gasteiger partial charge is 0.353 e. The van der Waals surface area contributed by atoms with Crippen LogP contribution in [0, 0.1) is 5.92 Å². The van der Waals surface area contributed by atoms with Crippen LogP contribution < -0.4 is 5.32 Å². The molecule has 1 aromatic rings. The van der Waals surface area contributed by atoms with Crippen molar-refractivity contribution in [1.29, 1.82) is 0 Å². The number of rotatable bonds is 4. The van der Waals surface area contributed by atoms with Gasteiger partial charge in [-0.25, -0.2) is 0 Å². The average Bonchev–Trinajstić information content (AvgIpc) is 2.80. The van der Waals surface area contributed by atoms with E-state index in [9.17, 15) is 14.4 Å². The number of benzene rings is 1. The van der Waals surface area contributed by atoms with E-state index in [-0.39, 0.29) is 36.7 Å². The lowest BCUT2D eigenvalue weighted by Gasteiger charge is -2.29. The first-order valence-electron chi connectivity index (χ1n) is 8.32. The van der Waals surface area contributed by atoms with Crippen molar-refractivity contribution in [3.05, 3.63) is 35.4 Å². The SMILES string of the molecule is C[C@@H]1CCCC[C@H]1NC(=O)CCN1C(=O)c2ccccc2C1=O. The summed E-state index contributed by atoms with van der Waals surface area (Å²) in [7, 11) is 0. The van der Waals surface area contributed by atoms with E-state index in [4.69, 9.17) is 0 Å². The van der Waals surface area contributed by atoms with Crippen LogP contribution >= 0.6 is 0 Å². The van der Waals surface area contributed by atoms with Crippen LogP contribution in [-0.4, -0.2) is 35.2 Å². The van der Waals surface area contributed by atoms with Crippen LogP contribution in [-0.2, 0) is 4.79 Å². The summed E-state index contributed by atoms with van der Waals surface area (Å²) >= 11 is 0. The van der Waals surface area contributed by atoms with E-state index in [1.807, 2.05) is 0 Å². The molecule has 122 valence electrons. The van der Waals surface area contributed by atoms with Crippen molar-refractivity contribution in [2.45, 2.75) is 45.1 Å². The Balaban J connectivity index is 1.56. The fourth-order valence-corrected chi connectivity index (χ4v) is 3.47. The molecule has 1 saturated carbocycles. The minimum absolute atomic E-state index is 0.0830. The molecule has 1 fully saturated rings. The van der Waals surface area contributed by atoms with E-state index < -0.39 is 0 Å². The number of amides is 3. The smallest absolute Gasteiger partial charge is 0.261 e. The van der Waals surface area contributed by atoms with E-state index >= 15 is 0 Å². The number of carbonyl (C=O) groups excluding carboxylic acids is 3. The molecule has 0 bridgehead atoms. The van der Waals surface area contributed by atoms with Gasteiger partial charge in [-0.2, -0.15) is 0 Å². The number of nitrogens with zero attached hydrogens (tertiary/aromatic N) is 1. The maximum atomic E-state index is 12.2. The van der Waals surface area contributed by atoms with Crippen molar-refractivity contribution in [3.8, 4) is 0 Å². The Kier molecular flexibility index (Phi) is 4.46. The van der Waals surface area contributed by atoms with Gasteiger partial charge in [-0.1, -0.05) is 31.9 Å². The Labute approximate surface area is 136 Å². The number of hydrogen-bond acceptors (Lipinski definition) is 3. The number of imide groups is 1. The number of carbonyl (C=O) groups is 3. The highest BCUT2D eigenvalue weighted by atomic mass is 16.2. The van der Waals surface area contributed by atoms with Gasteiger partial charge in [-0.05, 0) is 30.9 Å². The van der Waals surface area contributed by atoms with Crippen LogP contribution in [0.15, 0.2) is 24.3 Å². The quantitative estimate of drug-likeness (QED) is 0.868. The molecule has 5 nitrogen and oxygen atoms in total. The Morgan fingerprint density at radius 2 is 1.74 bits per heavy atom. The van der Waals surface area contributed by atoms with Gasteiger partial charge in [0.25, 0.3) is 11.8 Å². The Hall–Kier alpha value is -2.17. The molecule has 0 spiro atoms. The molecule has 1 aliphatic heterocycles. The lowest BCUT2D eigenvalue weighted by atomic mass is 9.86. The molecule has 0 aromatic heterocycles. The normalized spacial score (nSPS) is 23.8. The highest BCUT2D eigenvalue weighted by molar-refractivity contribution is 6.21. The van der Waals surface area contributed by atoms with E-state index in [1.54, 1.807) is 24.3 Å². The first-order valence-corrected chi connectivity index (χ1v) is 8.32. The second-order valence-corrected chi connectivity index (χ2v) is 6.49. The molecule has 1 heterocycles. The summed E-state index contributed by atoms with van der Waals surface area (Å²) in [6.07, 6.45) is 4.69. The molecule has 5 heteroatoms. The number of hydrogen-bond donors (Lipinski definition) is 1. The Morgan fingerprint density at radius 3 is 2.35 bits per heavy atom. The van der Waals surface area contributed by atoms with Gasteiger partial charge in [-0.3, -0.25) is 19.3 Å². The van der Waals surface area contributed by atoms with Gasteiger partial charge in [0, 0.05) is 19.0 Å². The Morgan fingerprint density at radius 1 is 1.13 bits per heavy atom. The molecule has 0 unspecified atom stereocenters. The molecule has 1 N–H and O–H groups in total. The minimum Gasteiger partial charge on any atom is -0.353 e. The van der Waals surface area contributed by atoms with Crippen LogP contribution in [0.25, 0.3) is 0 Å². The third-order valence-corrected chi connectivity index (χ3v) is 4.90. The second kappa shape index (κ2) is 6.52. The summed E-state index contributed by atoms with van der Waals surface area (Å²) in [4.78, 5) is 37.8. The summed E-state index contributed by atoms with van der Waals surface area (Å²) < 4.78 is 0. The molecule has 2 atom stereocenters. The fraction of sp³-hybridized carbons (Fsp3) is 0.500. The molecule has 3 amide bonds. The van der Waals surface area contributed by atoms with E-state index in [1.165, 1.54) is 11.3 Å². The summed E-state index contributed by atoms with van der Waals surface area (Å²) in [6, 6.07) is 7.01. The monoisotopic (exact) mass is 314 g/mol. The third-order valence-electron chi connectivity index (χ3n) is 4.90. The van der Waals surface area contributed by atoms with Gasteiger partial charge in [0.1, 0.15) is 0 Å². The summed E-state index contributed by atoms with van der Waals surface area (Å²) in [5, 5.41) is 3.06. The van der Waals surface area contributed by atoms with Crippen LogP contribution in [0.4, 0.5) is 0 Å². The standard InChI is InChI=1S/C18H22N2O3/c1-12-6-2-5-9-15(12)19-16(21)10-11-20-17(22)13-7-3-4-8-14(13)18(20)23/h3-4,7-8,12,15H,2,5-6,9-11H2,1H3,(H,19,21)/t12-,15-/m1/s1. The molecular weight excluding hydrogens is 292 g/mol. The average molecular weight is 314 g/mol. The van der Waals surface area contributed by atoms with Gasteiger partial charge in [-0.15, -0.1) is 0 Å². The topological polar surface area (TPSA) is 66.5 Å². The minimum atomic E-state index is -0.301. The zero-order chi connectivity index (χ0) is 16.4. The second-order valence-electron chi connectivity index (χ2n) is 6.49. The van der Waals surface area contributed by atoms with Gasteiger partial charge in [0.15, 0.2) is 0 Å². The molecule has 0 saturated heterocycles. The first kappa shape index (κ1) is 15.7. The van der Waals surface area contributed by atoms with Gasteiger partial charge >= 0.3 is 0 Å². The number of nitrogens with one attached hydrogen (secondary N) is 1. The van der Waals surface area contributed by atoms with Crippen molar-refractivity contribution in [1.82, 2.24) is 10.2 Å². The van der Waals surface area contributed by atoms with E-state index in [0.717, 1.165) is 19.3 Å². The first-order chi connectivity index (χ1) is 11.1. The summed E-state index contributed by atoms with van der Waals surface area (Å²) in [6.45, 7) is 2.30. The highest BCUT2D eigenvalue weighted by Crippen LogP contribution is 2.24. The van der Waals surface area contributed by atoms with Crippen molar-refractivity contribution >= 4 is 17.7 Å². The third kappa shape index (κ3) is 3.14. The summed E-state index contributed by atoms with van der Waals surface area (Å²) in [5.41, 5.74) is 0.859. The van der Waals surface area contributed by atoms with Crippen LogP contribution in [0.5, 0.6) is 0 Å². The van der Waals surface area contributed by atoms with Crippen molar-refractivity contribution in [2.24, 2.45) is 5.92 Å². The highest BCUT2D eigenvalue weighted by Gasteiger charge is 2.35. The van der Waals surface area contributed by atoms with Crippen LogP contribution in [0.2, 0.25) is 0 Å². The van der Waals surface area contributed by atoms with E-state index in [2.05, 4.69) is 12.2 Å². The molecule has 0 radical (unpaired) electrons. The van der Waals surface area contributed by atoms with Crippen molar-refractivity contribution in [2.75, 3.05) is 6.54 Å². The number of fused-ring (bicyclic) bond motifs is 1. The Bertz CT molecular complexity index is 606. The molecule has 23 heavy (non-hydrogen) atoms. The van der Waals surface area contributed by atoms with Crippen LogP contribution in [0.1, 0.15) is 59.7 Å². The van der Waals surface area contributed by atoms with Crippen molar-refractivity contribution < 1.29 is 14.4 Å².